The van der Waals surface area contributed by atoms with E-state index < -0.39 is 0 Å². The Morgan fingerprint density at radius 1 is 1.20 bits per heavy atom. The van der Waals surface area contributed by atoms with E-state index in [1.54, 1.807) is 0 Å². The molecule has 1 aliphatic heterocycles. The SMILES string of the molecule is CCNC(=NCc1cccc(COC2CCOCC2)c1)NCC(=O)NC(C)(C)C.I. The minimum absolute atomic E-state index is 0. The van der Waals surface area contributed by atoms with Gasteiger partial charge in [-0.05, 0) is 51.7 Å². The lowest BCUT2D eigenvalue weighted by Crippen LogP contribution is -2.48. The molecule has 0 atom stereocenters. The summed E-state index contributed by atoms with van der Waals surface area (Å²) < 4.78 is 11.4. The summed E-state index contributed by atoms with van der Waals surface area (Å²) in [5.74, 6) is 0.566. The number of nitrogens with zero attached hydrogens (tertiary/aromatic N) is 1. The maximum atomic E-state index is 12.0. The second-order valence-corrected chi connectivity index (χ2v) is 8.29. The van der Waals surface area contributed by atoms with Crippen molar-refractivity contribution in [1.29, 1.82) is 0 Å². The molecule has 1 heterocycles. The number of rotatable bonds is 8. The Kier molecular flexibility index (Phi) is 12.3. The van der Waals surface area contributed by atoms with Crippen molar-refractivity contribution >= 4 is 35.8 Å². The fraction of sp³-hybridized carbons (Fsp3) is 0.636. The number of benzene rings is 1. The Labute approximate surface area is 197 Å². The molecule has 1 aliphatic rings. The van der Waals surface area contributed by atoms with Crippen molar-refractivity contribution in [3.8, 4) is 0 Å². The molecule has 0 radical (unpaired) electrons. The number of ether oxygens (including phenoxy) is 2. The van der Waals surface area contributed by atoms with E-state index in [1.165, 1.54) is 0 Å². The lowest BCUT2D eigenvalue weighted by Gasteiger charge is -2.22. The first-order chi connectivity index (χ1) is 13.9. The highest BCUT2D eigenvalue weighted by atomic mass is 127. The third-order valence-electron chi connectivity index (χ3n) is 4.34. The van der Waals surface area contributed by atoms with E-state index >= 15 is 0 Å². The van der Waals surface area contributed by atoms with Crippen LogP contribution in [0.3, 0.4) is 0 Å². The van der Waals surface area contributed by atoms with Gasteiger partial charge in [0.25, 0.3) is 0 Å². The molecule has 3 N–H and O–H groups in total. The molecule has 0 spiro atoms. The summed E-state index contributed by atoms with van der Waals surface area (Å²) in [7, 11) is 0. The van der Waals surface area contributed by atoms with Crippen LogP contribution < -0.4 is 16.0 Å². The first-order valence-electron chi connectivity index (χ1n) is 10.5. The van der Waals surface area contributed by atoms with Gasteiger partial charge >= 0.3 is 0 Å². The Bertz CT molecular complexity index is 671. The Morgan fingerprint density at radius 2 is 1.90 bits per heavy atom. The third kappa shape index (κ3) is 11.1. The second-order valence-electron chi connectivity index (χ2n) is 8.29. The summed E-state index contributed by atoms with van der Waals surface area (Å²) in [4.78, 5) is 16.6. The molecule has 7 nitrogen and oxygen atoms in total. The van der Waals surface area contributed by atoms with E-state index in [4.69, 9.17) is 9.47 Å². The largest absolute Gasteiger partial charge is 0.381 e. The normalized spacial score (nSPS) is 15.3. The van der Waals surface area contributed by atoms with Gasteiger partial charge in [0.05, 0.1) is 25.8 Å². The maximum Gasteiger partial charge on any atom is 0.239 e. The minimum Gasteiger partial charge on any atom is -0.381 e. The van der Waals surface area contributed by atoms with E-state index in [-0.39, 0.29) is 48.1 Å². The number of guanidine groups is 1. The molecule has 1 aromatic rings. The maximum absolute atomic E-state index is 12.0. The standard InChI is InChI=1S/C22H36N4O3.HI/c1-5-23-21(25-15-20(27)26-22(2,3)4)24-14-17-7-6-8-18(13-17)16-29-19-9-11-28-12-10-19;/h6-8,13,19H,5,9-12,14-16H2,1-4H3,(H,26,27)(H2,23,24,25);1H. The number of nitrogens with one attached hydrogen (secondary N) is 3. The first-order valence-corrected chi connectivity index (χ1v) is 10.5. The molecule has 170 valence electrons. The second kappa shape index (κ2) is 13.8. The fourth-order valence-electron chi connectivity index (χ4n) is 3.01. The highest BCUT2D eigenvalue weighted by Crippen LogP contribution is 2.14. The molecular formula is C22H37IN4O3. The van der Waals surface area contributed by atoms with Crippen LogP contribution in [-0.4, -0.2) is 49.8 Å². The van der Waals surface area contributed by atoms with Crippen molar-refractivity contribution in [2.75, 3.05) is 26.3 Å². The molecule has 8 heteroatoms. The zero-order chi connectivity index (χ0) is 21.1. The number of carbonyl (C=O) groups excluding carboxylic acids is 1. The van der Waals surface area contributed by atoms with Crippen LogP contribution in [0.4, 0.5) is 0 Å². The first kappa shape index (κ1) is 26.6. The summed E-state index contributed by atoms with van der Waals surface area (Å²) in [5.41, 5.74) is 2.00. The smallest absolute Gasteiger partial charge is 0.239 e. The van der Waals surface area contributed by atoms with Gasteiger partial charge in [-0.3, -0.25) is 4.79 Å². The molecule has 1 amide bonds. The van der Waals surface area contributed by atoms with Gasteiger partial charge in [-0.1, -0.05) is 24.3 Å². The van der Waals surface area contributed by atoms with Crippen molar-refractivity contribution < 1.29 is 14.3 Å². The van der Waals surface area contributed by atoms with Gasteiger partial charge in [0.2, 0.25) is 5.91 Å². The zero-order valence-electron chi connectivity index (χ0n) is 18.6. The summed E-state index contributed by atoms with van der Waals surface area (Å²) in [6, 6.07) is 8.29. The van der Waals surface area contributed by atoms with Gasteiger partial charge in [-0.25, -0.2) is 4.99 Å². The van der Waals surface area contributed by atoms with Crippen LogP contribution in [0.1, 0.15) is 51.7 Å². The highest BCUT2D eigenvalue weighted by Gasteiger charge is 2.15. The lowest BCUT2D eigenvalue weighted by atomic mass is 10.1. The molecule has 1 fully saturated rings. The van der Waals surface area contributed by atoms with E-state index in [2.05, 4.69) is 39.1 Å². The number of halogens is 1. The van der Waals surface area contributed by atoms with E-state index in [0.29, 0.717) is 19.1 Å². The molecule has 2 rings (SSSR count). The van der Waals surface area contributed by atoms with E-state index in [0.717, 1.165) is 43.7 Å². The lowest BCUT2D eigenvalue weighted by molar-refractivity contribution is -0.121. The van der Waals surface area contributed by atoms with Crippen LogP contribution in [0.15, 0.2) is 29.3 Å². The van der Waals surface area contributed by atoms with Gasteiger partial charge in [0, 0.05) is 25.3 Å². The van der Waals surface area contributed by atoms with Crippen LogP contribution >= 0.6 is 24.0 Å². The van der Waals surface area contributed by atoms with Crippen LogP contribution in [0.2, 0.25) is 0 Å². The summed E-state index contributed by atoms with van der Waals surface area (Å²) in [6.07, 6.45) is 2.21. The van der Waals surface area contributed by atoms with E-state index in [9.17, 15) is 4.79 Å². The quantitative estimate of drug-likeness (QED) is 0.273. The van der Waals surface area contributed by atoms with Crippen LogP contribution in [-0.2, 0) is 27.4 Å². The van der Waals surface area contributed by atoms with Gasteiger partial charge in [0.15, 0.2) is 5.96 Å². The monoisotopic (exact) mass is 532 g/mol. The van der Waals surface area contributed by atoms with Crippen molar-refractivity contribution in [2.24, 2.45) is 4.99 Å². The van der Waals surface area contributed by atoms with Crippen LogP contribution in [0.25, 0.3) is 0 Å². The highest BCUT2D eigenvalue weighted by molar-refractivity contribution is 14.0. The van der Waals surface area contributed by atoms with Gasteiger partial charge in [-0.2, -0.15) is 0 Å². The predicted octanol–water partition coefficient (Wildman–Crippen LogP) is 2.97. The third-order valence-corrected chi connectivity index (χ3v) is 4.34. The summed E-state index contributed by atoms with van der Waals surface area (Å²) >= 11 is 0. The molecule has 1 saturated heterocycles. The van der Waals surface area contributed by atoms with Gasteiger partial charge < -0.3 is 25.4 Å². The van der Waals surface area contributed by atoms with Crippen molar-refractivity contribution in [2.45, 2.75) is 65.3 Å². The predicted molar refractivity (Wildman–Crippen MR) is 131 cm³/mol. The van der Waals surface area contributed by atoms with Crippen molar-refractivity contribution in [1.82, 2.24) is 16.0 Å². The molecule has 0 aromatic heterocycles. The number of hydrogen-bond donors (Lipinski definition) is 3. The zero-order valence-corrected chi connectivity index (χ0v) is 21.0. The fourth-order valence-corrected chi connectivity index (χ4v) is 3.01. The molecule has 30 heavy (non-hydrogen) atoms. The summed E-state index contributed by atoms with van der Waals surface area (Å²) in [6.45, 7) is 11.5. The topological polar surface area (TPSA) is 84.0 Å². The Hall–Kier alpha value is -1.39. The molecule has 1 aromatic carbocycles. The number of aliphatic imine (C=N–C) groups is 1. The molecule has 0 aliphatic carbocycles. The Balaban J connectivity index is 0.00000450. The van der Waals surface area contributed by atoms with Crippen molar-refractivity contribution in [3.63, 3.8) is 0 Å². The average Bonchev–Trinajstić information content (AvgIpc) is 2.68. The Morgan fingerprint density at radius 3 is 2.57 bits per heavy atom. The molecule has 0 unspecified atom stereocenters. The molecule has 0 saturated carbocycles. The minimum atomic E-state index is -0.249. The number of hydrogen-bond acceptors (Lipinski definition) is 4. The average molecular weight is 532 g/mol. The number of carbonyl (C=O) groups is 1. The van der Waals surface area contributed by atoms with Crippen LogP contribution in [0, 0.1) is 0 Å². The van der Waals surface area contributed by atoms with Crippen LogP contribution in [0.5, 0.6) is 0 Å². The van der Waals surface area contributed by atoms with Crippen molar-refractivity contribution in [3.05, 3.63) is 35.4 Å². The summed E-state index contributed by atoms with van der Waals surface area (Å²) in [5, 5.41) is 9.20. The van der Waals surface area contributed by atoms with Gasteiger partial charge in [-0.15, -0.1) is 24.0 Å². The molecular weight excluding hydrogens is 495 g/mol. The van der Waals surface area contributed by atoms with Gasteiger partial charge in [0.1, 0.15) is 0 Å². The van der Waals surface area contributed by atoms with E-state index in [1.807, 2.05) is 33.8 Å². The molecule has 0 bridgehead atoms. The number of amides is 1.